The summed E-state index contributed by atoms with van der Waals surface area (Å²) in [6.45, 7) is 2.02. The van der Waals surface area contributed by atoms with Gasteiger partial charge in [-0.15, -0.1) is 11.3 Å². The van der Waals surface area contributed by atoms with E-state index in [0.29, 0.717) is 0 Å². The Labute approximate surface area is 79.0 Å². The van der Waals surface area contributed by atoms with Crippen molar-refractivity contribution in [3.05, 3.63) is 15.0 Å². The molecule has 1 heterocycles. The van der Waals surface area contributed by atoms with Gasteiger partial charge in [0.25, 0.3) is 0 Å². The second-order valence-corrected chi connectivity index (χ2v) is 5.07. The summed E-state index contributed by atoms with van der Waals surface area (Å²) in [5.74, 6) is 0. The maximum absolute atomic E-state index is 5.61. The third-order valence-corrected chi connectivity index (χ3v) is 2.87. The van der Waals surface area contributed by atoms with Crippen LogP contribution in [0.5, 0.6) is 0 Å². The SMILES string of the molecule is C[C@@H](N)CCc1ncc(Br)s1. The van der Waals surface area contributed by atoms with E-state index in [1.165, 1.54) is 0 Å². The lowest BCUT2D eigenvalue weighted by molar-refractivity contribution is 0.664. The molecule has 0 fully saturated rings. The smallest absolute Gasteiger partial charge is 0.0937 e. The van der Waals surface area contributed by atoms with E-state index in [1.54, 1.807) is 11.3 Å². The van der Waals surface area contributed by atoms with Crippen LogP contribution in [0.3, 0.4) is 0 Å². The lowest BCUT2D eigenvalue weighted by Gasteiger charge is -2.00. The molecular formula is C7H11BrN2S. The number of thiazole rings is 1. The summed E-state index contributed by atoms with van der Waals surface area (Å²) in [7, 11) is 0. The Bertz CT molecular complexity index is 222. The third-order valence-electron chi connectivity index (χ3n) is 1.34. The third kappa shape index (κ3) is 3.31. The maximum atomic E-state index is 5.61. The highest BCUT2D eigenvalue weighted by atomic mass is 79.9. The fraction of sp³-hybridized carbons (Fsp3) is 0.571. The van der Waals surface area contributed by atoms with Gasteiger partial charge in [0, 0.05) is 12.5 Å². The molecule has 0 aliphatic carbocycles. The van der Waals surface area contributed by atoms with E-state index in [1.807, 2.05) is 13.1 Å². The van der Waals surface area contributed by atoms with E-state index in [2.05, 4.69) is 20.9 Å². The molecule has 1 rings (SSSR count). The monoisotopic (exact) mass is 234 g/mol. The normalized spacial score (nSPS) is 13.4. The van der Waals surface area contributed by atoms with Crippen molar-refractivity contribution < 1.29 is 0 Å². The molecule has 1 aromatic heterocycles. The second kappa shape index (κ2) is 4.18. The van der Waals surface area contributed by atoms with Gasteiger partial charge in [0.15, 0.2) is 0 Å². The Morgan fingerprint density at radius 3 is 3.00 bits per heavy atom. The van der Waals surface area contributed by atoms with Crippen molar-refractivity contribution in [2.45, 2.75) is 25.8 Å². The predicted octanol–water partition coefficient (Wildman–Crippen LogP) is 2.19. The molecule has 0 bridgehead atoms. The van der Waals surface area contributed by atoms with Crippen LogP contribution in [0.1, 0.15) is 18.4 Å². The molecular weight excluding hydrogens is 224 g/mol. The molecule has 1 atom stereocenters. The zero-order valence-corrected chi connectivity index (χ0v) is 8.78. The first-order valence-electron chi connectivity index (χ1n) is 3.54. The maximum Gasteiger partial charge on any atom is 0.0937 e. The number of hydrogen-bond donors (Lipinski definition) is 1. The van der Waals surface area contributed by atoms with E-state index in [0.717, 1.165) is 21.6 Å². The Morgan fingerprint density at radius 1 is 1.82 bits per heavy atom. The quantitative estimate of drug-likeness (QED) is 0.872. The number of halogens is 1. The van der Waals surface area contributed by atoms with E-state index < -0.39 is 0 Å². The summed E-state index contributed by atoms with van der Waals surface area (Å²) in [5, 5.41) is 1.16. The molecule has 0 spiro atoms. The molecule has 0 aromatic carbocycles. The summed E-state index contributed by atoms with van der Waals surface area (Å²) >= 11 is 5.04. The molecule has 0 radical (unpaired) electrons. The van der Waals surface area contributed by atoms with Crippen molar-refractivity contribution in [3.63, 3.8) is 0 Å². The average Bonchev–Trinajstić information content (AvgIpc) is 2.31. The molecule has 0 aliphatic heterocycles. The Hall–Kier alpha value is 0.0700. The van der Waals surface area contributed by atoms with Gasteiger partial charge in [0.05, 0.1) is 15.0 Å². The second-order valence-electron chi connectivity index (χ2n) is 2.57. The first kappa shape index (κ1) is 9.16. The number of nitrogens with zero attached hydrogens (tertiary/aromatic N) is 1. The van der Waals surface area contributed by atoms with E-state index in [9.17, 15) is 0 Å². The van der Waals surface area contributed by atoms with Crippen LogP contribution in [-0.2, 0) is 6.42 Å². The van der Waals surface area contributed by atoms with E-state index >= 15 is 0 Å². The molecule has 0 unspecified atom stereocenters. The summed E-state index contributed by atoms with van der Waals surface area (Å²) in [6.07, 6.45) is 3.84. The van der Waals surface area contributed by atoms with Crippen LogP contribution in [0.2, 0.25) is 0 Å². The van der Waals surface area contributed by atoms with Crippen molar-refractivity contribution in [2.75, 3.05) is 0 Å². The summed E-state index contributed by atoms with van der Waals surface area (Å²) < 4.78 is 1.09. The highest BCUT2D eigenvalue weighted by Crippen LogP contribution is 2.20. The van der Waals surface area contributed by atoms with Crippen molar-refractivity contribution in [3.8, 4) is 0 Å². The van der Waals surface area contributed by atoms with Crippen LogP contribution in [0.15, 0.2) is 9.98 Å². The van der Waals surface area contributed by atoms with Crippen molar-refractivity contribution in [1.82, 2.24) is 4.98 Å². The van der Waals surface area contributed by atoms with Gasteiger partial charge < -0.3 is 5.73 Å². The lowest BCUT2D eigenvalue weighted by Crippen LogP contribution is -2.15. The zero-order chi connectivity index (χ0) is 8.27. The number of aryl methyl sites for hydroxylation is 1. The van der Waals surface area contributed by atoms with Gasteiger partial charge >= 0.3 is 0 Å². The van der Waals surface area contributed by atoms with Crippen LogP contribution in [0, 0.1) is 0 Å². The van der Waals surface area contributed by atoms with Crippen LogP contribution in [-0.4, -0.2) is 11.0 Å². The van der Waals surface area contributed by atoms with Crippen molar-refractivity contribution in [2.24, 2.45) is 5.73 Å². The molecule has 0 aliphatic rings. The standard InChI is InChI=1S/C7H11BrN2S/c1-5(9)2-3-7-10-4-6(8)11-7/h4-5H,2-3,9H2,1H3/t5-/m1/s1. The number of rotatable bonds is 3. The first-order chi connectivity index (χ1) is 5.18. The summed E-state index contributed by atoms with van der Waals surface area (Å²) in [4.78, 5) is 4.20. The lowest BCUT2D eigenvalue weighted by atomic mass is 10.2. The predicted molar refractivity (Wildman–Crippen MR) is 51.8 cm³/mol. The summed E-state index contributed by atoms with van der Waals surface area (Å²) in [6, 6.07) is 0.276. The number of nitrogens with two attached hydrogens (primary N) is 1. The fourth-order valence-corrected chi connectivity index (χ4v) is 2.07. The highest BCUT2D eigenvalue weighted by molar-refractivity contribution is 9.11. The van der Waals surface area contributed by atoms with Gasteiger partial charge in [-0.1, -0.05) is 0 Å². The molecule has 0 amide bonds. The van der Waals surface area contributed by atoms with E-state index in [4.69, 9.17) is 5.73 Å². The zero-order valence-electron chi connectivity index (χ0n) is 6.38. The summed E-state index contributed by atoms with van der Waals surface area (Å²) in [5.41, 5.74) is 5.61. The minimum absolute atomic E-state index is 0.276. The van der Waals surface area contributed by atoms with Gasteiger partial charge in [0.1, 0.15) is 0 Å². The van der Waals surface area contributed by atoms with Crippen molar-refractivity contribution >= 4 is 27.3 Å². The van der Waals surface area contributed by atoms with Gasteiger partial charge in [0.2, 0.25) is 0 Å². The Kier molecular flexibility index (Phi) is 3.48. The number of hydrogen-bond acceptors (Lipinski definition) is 3. The van der Waals surface area contributed by atoms with E-state index in [-0.39, 0.29) is 6.04 Å². The minimum atomic E-state index is 0.276. The van der Waals surface area contributed by atoms with Gasteiger partial charge in [-0.05, 0) is 29.3 Å². The molecule has 11 heavy (non-hydrogen) atoms. The number of aromatic nitrogens is 1. The first-order valence-corrected chi connectivity index (χ1v) is 5.15. The van der Waals surface area contributed by atoms with Crippen LogP contribution < -0.4 is 5.73 Å². The highest BCUT2D eigenvalue weighted by Gasteiger charge is 2.00. The van der Waals surface area contributed by atoms with Crippen LogP contribution in [0.4, 0.5) is 0 Å². The molecule has 62 valence electrons. The fourth-order valence-electron chi connectivity index (χ4n) is 0.755. The minimum Gasteiger partial charge on any atom is -0.328 e. The Balaban J connectivity index is 2.39. The van der Waals surface area contributed by atoms with Gasteiger partial charge in [-0.25, -0.2) is 4.98 Å². The molecule has 0 saturated heterocycles. The molecule has 2 nitrogen and oxygen atoms in total. The molecule has 1 aromatic rings. The molecule has 4 heteroatoms. The van der Waals surface area contributed by atoms with Crippen LogP contribution >= 0.6 is 27.3 Å². The largest absolute Gasteiger partial charge is 0.328 e. The molecule has 2 N–H and O–H groups in total. The molecule has 0 saturated carbocycles. The van der Waals surface area contributed by atoms with Crippen molar-refractivity contribution in [1.29, 1.82) is 0 Å². The van der Waals surface area contributed by atoms with Gasteiger partial charge in [-0.2, -0.15) is 0 Å². The van der Waals surface area contributed by atoms with Gasteiger partial charge in [-0.3, -0.25) is 0 Å². The topological polar surface area (TPSA) is 38.9 Å². The Morgan fingerprint density at radius 2 is 2.55 bits per heavy atom. The average molecular weight is 235 g/mol. The van der Waals surface area contributed by atoms with Crippen LogP contribution in [0.25, 0.3) is 0 Å².